The van der Waals surface area contributed by atoms with Crippen molar-refractivity contribution in [2.45, 2.75) is 19.9 Å². The van der Waals surface area contributed by atoms with Gasteiger partial charge in [-0.05, 0) is 41.8 Å². The van der Waals surface area contributed by atoms with Crippen molar-refractivity contribution in [3.63, 3.8) is 0 Å². The SMILES string of the molecule is CCCOc1c(Cl)cc(/C=N\NCc2ccc(OC)c(OC)c2)cc1OC. The Labute approximate surface area is 165 Å². The lowest BCUT2D eigenvalue weighted by molar-refractivity contribution is 0.294. The van der Waals surface area contributed by atoms with E-state index in [1.54, 1.807) is 33.6 Å². The van der Waals surface area contributed by atoms with Crippen LogP contribution in [0, 0.1) is 0 Å². The minimum absolute atomic E-state index is 0.490. The number of ether oxygens (including phenoxy) is 4. The minimum Gasteiger partial charge on any atom is -0.493 e. The smallest absolute Gasteiger partial charge is 0.179 e. The van der Waals surface area contributed by atoms with Crippen LogP contribution in [0.1, 0.15) is 24.5 Å². The van der Waals surface area contributed by atoms with Crippen molar-refractivity contribution in [1.29, 1.82) is 0 Å². The van der Waals surface area contributed by atoms with E-state index in [9.17, 15) is 0 Å². The van der Waals surface area contributed by atoms with E-state index >= 15 is 0 Å². The zero-order valence-electron chi connectivity index (χ0n) is 16.0. The maximum atomic E-state index is 6.31. The van der Waals surface area contributed by atoms with Gasteiger partial charge >= 0.3 is 0 Å². The van der Waals surface area contributed by atoms with Gasteiger partial charge in [-0.1, -0.05) is 24.6 Å². The molecule has 0 aromatic heterocycles. The molecule has 0 heterocycles. The maximum absolute atomic E-state index is 6.31. The Kier molecular flexibility index (Phi) is 8.07. The van der Waals surface area contributed by atoms with Gasteiger partial charge in [-0.25, -0.2) is 0 Å². The van der Waals surface area contributed by atoms with Gasteiger partial charge in [0.1, 0.15) is 0 Å². The standard InChI is InChI=1S/C20H25ClN2O4/c1-5-8-27-20-16(21)9-15(11-19(20)26-4)13-23-22-12-14-6-7-17(24-2)18(10-14)25-3/h6-7,9-11,13,22H,5,8,12H2,1-4H3/b23-13-. The molecule has 6 nitrogen and oxygen atoms in total. The Bertz CT molecular complexity index is 781. The molecule has 0 saturated carbocycles. The number of hydrogen-bond acceptors (Lipinski definition) is 6. The van der Waals surface area contributed by atoms with Crippen LogP contribution in [0.4, 0.5) is 0 Å². The molecular weight excluding hydrogens is 368 g/mol. The molecule has 0 radical (unpaired) electrons. The molecule has 2 aromatic rings. The highest BCUT2D eigenvalue weighted by atomic mass is 35.5. The lowest BCUT2D eigenvalue weighted by Crippen LogP contribution is -2.06. The molecule has 0 amide bonds. The number of rotatable bonds is 10. The van der Waals surface area contributed by atoms with Crippen LogP contribution in [0.15, 0.2) is 35.4 Å². The van der Waals surface area contributed by atoms with Crippen LogP contribution < -0.4 is 24.4 Å². The van der Waals surface area contributed by atoms with Crippen molar-refractivity contribution in [1.82, 2.24) is 5.43 Å². The Morgan fingerprint density at radius 3 is 2.41 bits per heavy atom. The van der Waals surface area contributed by atoms with Crippen LogP contribution in [0.3, 0.4) is 0 Å². The van der Waals surface area contributed by atoms with Crippen molar-refractivity contribution in [2.75, 3.05) is 27.9 Å². The summed E-state index contributed by atoms with van der Waals surface area (Å²) in [5.41, 5.74) is 4.83. The quantitative estimate of drug-likeness (QED) is 0.483. The van der Waals surface area contributed by atoms with Crippen LogP contribution in [0.25, 0.3) is 0 Å². The lowest BCUT2D eigenvalue weighted by Gasteiger charge is -2.12. The molecule has 0 aliphatic heterocycles. The Morgan fingerprint density at radius 2 is 1.74 bits per heavy atom. The molecule has 0 saturated heterocycles. The second kappa shape index (κ2) is 10.5. The summed E-state index contributed by atoms with van der Waals surface area (Å²) < 4.78 is 21.5. The van der Waals surface area contributed by atoms with E-state index in [-0.39, 0.29) is 0 Å². The number of hydrazone groups is 1. The first-order valence-electron chi connectivity index (χ1n) is 8.60. The average molecular weight is 393 g/mol. The summed E-state index contributed by atoms with van der Waals surface area (Å²) in [4.78, 5) is 0. The summed E-state index contributed by atoms with van der Waals surface area (Å²) in [7, 11) is 4.80. The molecular formula is C20H25ClN2O4. The van der Waals surface area contributed by atoms with Crippen molar-refractivity contribution in [3.05, 3.63) is 46.5 Å². The number of hydrogen-bond donors (Lipinski definition) is 1. The van der Waals surface area contributed by atoms with E-state index < -0.39 is 0 Å². The average Bonchev–Trinajstić information content (AvgIpc) is 2.69. The molecule has 2 rings (SSSR count). The van der Waals surface area contributed by atoms with Gasteiger partial charge < -0.3 is 24.4 Å². The first-order valence-corrected chi connectivity index (χ1v) is 8.97. The molecule has 0 aliphatic rings. The van der Waals surface area contributed by atoms with Crippen LogP contribution in [0.2, 0.25) is 5.02 Å². The van der Waals surface area contributed by atoms with Crippen LogP contribution >= 0.6 is 11.6 Å². The van der Waals surface area contributed by atoms with E-state index in [2.05, 4.69) is 10.5 Å². The van der Waals surface area contributed by atoms with Gasteiger partial charge in [0.2, 0.25) is 0 Å². The topological polar surface area (TPSA) is 61.3 Å². The van der Waals surface area contributed by atoms with E-state index in [0.717, 1.165) is 17.5 Å². The van der Waals surface area contributed by atoms with Gasteiger partial charge in [-0.15, -0.1) is 0 Å². The minimum atomic E-state index is 0.490. The van der Waals surface area contributed by atoms with Crippen LogP contribution in [-0.2, 0) is 6.54 Å². The van der Waals surface area contributed by atoms with Crippen molar-refractivity contribution >= 4 is 17.8 Å². The third-order valence-corrected chi connectivity index (χ3v) is 4.02. The fraction of sp³-hybridized carbons (Fsp3) is 0.350. The molecule has 0 fully saturated rings. The third kappa shape index (κ3) is 5.69. The summed E-state index contributed by atoms with van der Waals surface area (Å²) in [5.74, 6) is 2.51. The molecule has 0 unspecified atom stereocenters. The highest BCUT2D eigenvalue weighted by Crippen LogP contribution is 2.36. The van der Waals surface area contributed by atoms with Gasteiger partial charge in [0.05, 0.1) is 45.7 Å². The van der Waals surface area contributed by atoms with Crippen molar-refractivity contribution in [3.8, 4) is 23.0 Å². The molecule has 7 heteroatoms. The van der Waals surface area contributed by atoms with Gasteiger partial charge in [0.15, 0.2) is 23.0 Å². The van der Waals surface area contributed by atoms with Gasteiger partial charge in [0, 0.05) is 0 Å². The van der Waals surface area contributed by atoms with Gasteiger partial charge in [-0.2, -0.15) is 5.10 Å². The normalized spacial score (nSPS) is 10.7. The Hall–Kier alpha value is -2.60. The summed E-state index contributed by atoms with van der Waals surface area (Å²) in [5, 5.41) is 4.73. The zero-order valence-corrected chi connectivity index (χ0v) is 16.8. The predicted molar refractivity (Wildman–Crippen MR) is 108 cm³/mol. The number of methoxy groups -OCH3 is 3. The second-order valence-corrected chi connectivity index (χ2v) is 6.07. The van der Waals surface area contributed by atoms with Gasteiger partial charge in [0.25, 0.3) is 0 Å². The fourth-order valence-corrected chi connectivity index (χ4v) is 2.68. The molecule has 0 spiro atoms. The largest absolute Gasteiger partial charge is 0.493 e. The summed E-state index contributed by atoms with van der Waals surface area (Å²) in [6.45, 7) is 3.15. The lowest BCUT2D eigenvalue weighted by atomic mass is 10.2. The Balaban J connectivity index is 2.03. The second-order valence-electron chi connectivity index (χ2n) is 5.66. The summed E-state index contributed by atoms with van der Waals surface area (Å²) >= 11 is 6.31. The zero-order chi connectivity index (χ0) is 19.6. The van der Waals surface area contributed by atoms with E-state index in [1.807, 2.05) is 31.2 Å². The predicted octanol–water partition coefficient (Wildman–Crippen LogP) is 4.28. The molecule has 0 bridgehead atoms. The van der Waals surface area contributed by atoms with Crippen LogP contribution in [-0.4, -0.2) is 34.2 Å². The number of benzene rings is 2. The van der Waals surface area contributed by atoms with E-state index in [0.29, 0.717) is 41.2 Å². The van der Waals surface area contributed by atoms with Crippen molar-refractivity contribution < 1.29 is 18.9 Å². The Morgan fingerprint density at radius 1 is 1.00 bits per heavy atom. The monoisotopic (exact) mass is 392 g/mol. The molecule has 27 heavy (non-hydrogen) atoms. The molecule has 2 aromatic carbocycles. The van der Waals surface area contributed by atoms with E-state index in [4.69, 9.17) is 30.5 Å². The highest BCUT2D eigenvalue weighted by Gasteiger charge is 2.11. The van der Waals surface area contributed by atoms with E-state index in [1.165, 1.54) is 0 Å². The van der Waals surface area contributed by atoms with Gasteiger partial charge in [-0.3, -0.25) is 0 Å². The summed E-state index contributed by atoms with van der Waals surface area (Å²) in [6.07, 6.45) is 2.57. The number of nitrogens with zero attached hydrogens (tertiary/aromatic N) is 1. The number of nitrogens with one attached hydrogen (secondary N) is 1. The van der Waals surface area contributed by atoms with Crippen LogP contribution in [0.5, 0.6) is 23.0 Å². The highest BCUT2D eigenvalue weighted by molar-refractivity contribution is 6.32. The molecule has 1 N–H and O–H groups in total. The fourth-order valence-electron chi connectivity index (χ4n) is 2.41. The maximum Gasteiger partial charge on any atom is 0.179 e. The first kappa shape index (κ1) is 20.7. The molecule has 146 valence electrons. The first-order chi connectivity index (χ1) is 13.1. The summed E-state index contributed by atoms with van der Waals surface area (Å²) in [6, 6.07) is 9.33. The molecule has 0 atom stereocenters. The number of halogens is 1. The third-order valence-electron chi connectivity index (χ3n) is 3.74. The van der Waals surface area contributed by atoms with Crippen molar-refractivity contribution in [2.24, 2.45) is 5.10 Å². The molecule has 0 aliphatic carbocycles.